The van der Waals surface area contributed by atoms with E-state index in [1.54, 1.807) is 13.0 Å². The number of carbonyl (C=O) groups excluding carboxylic acids is 1. The molecule has 0 aliphatic rings. The number of H-pyrrole nitrogens is 1. The lowest BCUT2D eigenvalue weighted by atomic mass is 10.3. The largest absolute Gasteiger partial charge is 0.461 e. The van der Waals surface area contributed by atoms with Gasteiger partial charge in [0.05, 0.1) is 24.5 Å². The van der Waals surface area contributed by atoms with Gasteiger partial charge in [0.1, 0.15) is 5.69 Å². The SMILES string of the molecule is CCOC(=O)c1[nH]ccc1NCc1ccnn1C(F)C(F)F. The smallest absolute Gasteiger partial charge is 0.356 e. The van der Waals surface area contributed by atoms with Crippen LogP contribution in [0.4, 0.5) is 18.9 Å². The van der Waals surface area contributed by atoms with E-state index in [-0.39, 0.29) is 24.5 Å². The summed E-state index contributed by atoms with van der Waals surface area (Å²) in [5.74, 6) is -0.542. The fourth-order valence-corrected chi connectivity index (χ4v) is 1.89. The highest BCUT2D eigenvalue weighted by atomic mass is 19.3. The second-order valence-corrected chi connectivity index (χ2v) is 4.31. The maximum Gasteiger partial charge on any atom is 0.356 e. The number of carbonyl (C=O) groups is 1. The number of halogens is 3. The molecular weight excluding hydrogens is 301 g/mol. The van der Waals surface area contributed by atoms with E-state index in [9.17, 15) is 18.0 Å². The lowest BCUT2D eigenvalue weighted by molar-refractivity contribution is -0.000769. The van der Waals surface area contributed by atoms with Crippen LogP contribution in [0.5, 0.6) is 0 Å². The molecule has 0 aromatic carbocycles. The molecule has 0 saturated carbocycles. The summed E-state index contributed by atoms with van der Waals surface area (Å²) in [6.45, 7) is 1.93. The van der Waals surface area contributed by atoms with Crippen LogP contribution in [0.15, 0.2) is 24.5 Å². The quantitative estimate of drug-likeness (QED) is 0.771. The summed E-state index contributed by atoms with van der Waals surface area (Å²) in [5, 5.41) is 6.41. The molecule has 0 aliphatic heterocycles. The minimum absolute atomic E-state index is 0.0252. The average molecular weight is 316 g/mol. The predicted molar refractivity (Wildman–Crippen MR) is 72.5 cm³/mol. The van der Waals surface area contributed by atoms with E-state index in [1.807, 2.05) is 0 Å². The third-order valence-corrected chi connectivity index (χ3v) is 2.88. The van der Waals surface area contributed by atoms with Gasteiger partial charge in [0.2, 0.25) is 0 Å². The number of nitrogens with zero attached hydrogens (tertiary/aromatic N) is 2. The topological polar surface area (TPSA) is 71.9 Å². The zero-order valence-corrected chi connectivity index (χ0v) is 11.7. The van der Waals surface area contributed by atoms with Gasteiger partial charge in [-0.25, -0.2) is 22.6 Å². The molecule has 2 aromatic rings. The monoisotopic (exact) mass is 316 g/mol. The van der Waals surface area contributed by atoms with Crippen molar-refractivity contribution in [2.75, 3.05) is 11.9 Å². The van der Waals surface area contributed by atoms with E-state index < -0.39 is 18.7 Å². The van der Waals surface area contributed by atoms with Crippen LogP contribution in [0.1, 0.15) is 29.4 Å². The second-order valence-electron chi connectivity index (χ2n) is 4.31. The molecule has 0 amide bonds. The average Bonchev–Trinajstić information content (AvgIpc) is 3.13. The molecule has 0 saturated heterocycles. The first-order chi connectivity index (χ1) is 10.5. The van der Waals surface area contributed by atoms with Crippen LogP contribution in [0.25, 0.3) is 0 Å². The predicted octanol–water partition coefficient (Wildman–Crippen LogP) is 2.73. The summed E-state index contributed by atoms with van der Waals surface area (Å²) in [7, 11) is 0. The number of esters is 1. The summed E-state index contributed by atoms with van der Waals surface area (Å²) in [5.41, 5.74) is 0.862. The molecule has 0 spiro atoms. The van der Waals surface area contributed by atoms with Crippen LogP contribution in [0.3, 0.4) is 0 Å². The molecule has 0 fully saturated rings. The summed E-state index contributed by atoms with van der Waals surface area (Å²) < 4.78 is 43.7. The molecule has 6 nitrogen and oxygen atoms in total. The van der Waals surface area contributed by atoms with Crippen LogP contribution in [0.2, 0.25) is 0 Å². The molecule has 0 radical (unpaired) electrons. The van der Waals surface area contributed by atoms with Crippen LogP contribution in [-0.4, -0.2) is 33.8 Å². The zero-order valence-electron chi connectivity index (χ0n) is 11.7. The van der Waals surface area contributed by atoms with Gasteiger partial charge in [-0.15, -0.1) is 0 Å². The van der Waals surface area contributed by atoms with Gasteiger partial charge >= 0.3 is 5.97 Å². The Morgan fingerprint density at radius 3 is 2.91 bits per heavy atom. The maximum absolute atomic E-state index is 13.4. The Bertz CT molecular complexity index is 626. The van der Waals surface area contributed by atoms with E-state index in [4.69, 9.17) is 4.74 Å². The molecule has 1 unspecified atom stereocenters. The van der Waals surface area contributed by atoms with Crippen molar-refractivity contribution in [2.24, 2.45) is 0 Å². The number of rotatable bonds is 7. The minimum atomic E-state index is -3.17. The first-order valence-corrected chi connectivity index (χ1v) is 6.57. The standard InChI is InChI=1S/C13H15F3N4O2/c1-2-22-13(21)10-9(4-5-17-10)18-7-8-3-6-19-20(8)12(16)11(14)15/h3-6,11-12,17-18H,2,7H2,1H3. The number of aromatic nitrogens is 3. The van der Waals surface area contributed by atoms with Crippen LogP contribution >= 0.6 is 0 Å². The molecule has 120 valence electrons. The van der Waals surface area contributed by atoms with E-state index in [0.717, 1.165) is 0 Å². The fourth-order valence-electron chi connectivity index (χ4n) is 1.89. The lowest BCUT2D eigenvalue weighted by Crippen LogP contribution is -2.18. The van der Waals surface area contributed by atoms with Crippen molar-refractivity contribution >= 4 is 11.7 Å². The molecule has 2 rings (SSSR count). The number of hydrogen-bond donors (Lipinski definition) is 2. The Morgan fingerprint density at radius 1 is 1.45 bits per heavy atom. The van der Waals surface area contributed by atoms with E-state index in [2.05, 4.69) is 15.4 Å². The van der Waals surface area contributed by atoms with Gasteiger partial charge in [0.15, 0.2) is 0 Å². The molecule has 1 atom stereocenters. The van der Waals surface area contributed by atoms with Gasteiger partial charge in [-0.1, -0.05) is 0 Å². The van der Waals surface area contributed by atoms with E-state index in [1.165, 1.54) is 18.5 Å². The first-order valence-electron chi connectivity index (χ1n) is 6.57. The van der Waals surface area contributed by atoms with Gasteiger partial charge in [-0.05, 0) is 19.1 Å². The molecule has 9 heteroatoms. The van der Waals surface area contributed by atoms with Crippen molar-refractivity contribution in [3.63, 3.8) is 0 Å². The Hall–Kier alpha value is -2.45. The number of nitrogens with one attached hydrogen (secondary N) is 2. The highest BCUT2D eigenvalue weighted by Crippen LogP contribution is 2.21. The Balaban J connectivity index is 2.07. The van der Waals surface area contributed by atoms with Crippen molar-refractivity contribution in [2.45, 2.75) is 26.2 Å². The van der Waals surface area contributed by atoms with Crippen molar-refractivity contribution in [1.29, 1.82) is 0 Å². The van der Waals surface area contributed by atoms with Crippen molar-refractivity contribution in [3.8, 4) is 0 Å². The summed E-state index contributed by atoms with van der Waals surface area (Å²) in [6, 6.07) is 3.01. The molecule has 2 N–H and O–H groups in total. The molecular formula is C13H15F3N4O2. The van der Waals surface area contributed by atoms with Gasteiger partial charge in [0, 0.05) is 12.4 Å². The number of aromatic amines is 1. The minimum Gasteiger partial charge on any atom is -0.461 e. The third-order valence-electron chi connectivity index (χ3n) is 2.88. The molecule has 22 heavy (non-hydrogen) atoms. The number of ether oxygens (including phenoxy) is 1. The van der Waals surface area contributed by atoms with Crippen molar-refractivity contribution in [3.05, 3.63) is 35.9 Å². The van der Waals surface area contributed by atoms with Gasteiger partial charge in [-0.2, -0.15) is 5.10 Å². The first kappa shape index (κ1) is 15.9. The van der Waals surface area contributed by atoms with E-state index in [0.29, 0.717) is 10.4 Å². The van der Waals surface area contributed by atoms with Crippen LogP contribution in [-0.2, 0) is 11.3 Å². The molecule has 2 aromatic heterocycles. The fraction of sp³-hybridized carbons (Fsp3) is 0.385. The summed E-state index contributed by atoms with van der Waals surface area (Å²) in [4.78, 5) is 14.4. The normalized spacial score (nSPS) is 12.4. The number of hydrogen-bond acceptors (Lipinski definition) is 4. The second kappa shape index (κ2) is 7.01. The molecule has 2 heterocycles. The molecule has 0 aliphatic carbocycles. The van der Waals surface area contributed by atoms with Gasteiger partial charge in [0.25, 0.3) is 12.7 Å². The highest BCUT2D eigenvalue weighted by molar-refractivity contribution is 5.93. The van der Waals surface area contributed by atoms with Crippen LogP contribution < -0.4 is 5.32 Å². The number of alkyl halides is 3. The Labute approximate surface area is 124 Å². The number of anilines is 1. The van der Waals surface area contributed by atoms with Gasteiger partial charge < -0.3 is 15.0 Å². The van der Waals surface area contributed by atoms with E-state index >= 15 is 0 Å². The maximum atomic E-state index is 13.4. The highest BCUT2D eigenvalue weighted by Gasteiger charge is 2.24. The van der Waals surface area contributed by atoms with Crippen molar-refractivity contribution in [1.82, 2.24) is 14.8 Å². The van der Waals surface area contributed by atoms with Crippen LogP contribution in [0, 0.1) is 0 Å². The summed E-state index contributed by atoms with van der Waals surface area (Å²) in [6.07, 6.45) is -2.92. The zero-order chi connectivity index (χ0) is 16.1. The molecule has 0 bridgehead atoms. The Kier molecular flexibility index (Phi) is 5.08. The lowest BCUT2D eigenvalue weighted by Gasteiger charge is -2.13. The summed E-state index contributed by atoms with van der Waals surface area (Å²) >= 11 is 0. The Morgan fingerprint density at radius 2 is 2.23 bits per heavy atom. The third kappa shape index (κ3) is 3.41. The van der Waals surface area contributed by atoms with Gasteiger partial charge in [-0.3, -0.25) is 0 Å². The van der Waals surface area contributed by atoms with Crippen molar-refractivity contribution < 1.29 is 22.7 Å².